The molecule has 0 saturated heterocycles. The molecule has 1 fully saturated rings. The molecule has 3 rings (SSSR count). The molecule has 1 aliphatic heterocycles. The Hall–Kier alpha value is -1.58. The highest BCUT2D eigenvalue weighted by atomic mass is 15.4. The molecule has 0 radical (unpaired) electrons. The van der Waals surface area contributed by atoms with Crippen LogP contribution in [0.5, 0.6) is 0 Å². The summed E-state index contributed by atoms with van der Waals surface area (Å²) < 4.78 is 0. The van der Waals surface area contributed by atoms with E-state index < -0.39 is 0 Å². The van der Waals surface area contributed by atoms with Gasteiger partial charge in [0.25, 0.3) is 0 Å². The van der Waals surface area contributed by atoms with E-state index in [9.17, 15) is 0 Å². The van der Waals surface area contributed by atoms with E-state index in [2.05, 4.69) is 58.7 Å². The van der Waals surface area contributed by atoms with Crippen molar-refractivity contribution in [2.75, 3.05) is 12.1 Å². The Bertz CT molecular complexity index is 674. The SMILES string of the molecule is C=Cc1cc2c(c(N(C)N)c1/C=C(\C)C1CC1)CNC2.CCC(C)(C)C. The number of nitrogens with zero attached hydrogens (tertiary/aromatic N) is 1. The molecule has 1 aliphatic carbocycles. The number of nitrogens with two attached hydrogens (primary N) is 1. The van der Waals surface area contributed by atoms with E-state index in [4.69, 9.17) is 5.84 Å². The highest BCUT2D eigenvalue weighted by Gasteiger charge is 2.25. The van der Waals surface area contributed by atoms with E-state index in [-0.39, 0.29) is 0 Å². The standard InChI is InChI=1S/C17H23N3.C6H14/c1-4-12-8-14-9-19-10-16(14)17(20(3)18)15(12)7-11(2)13-5-6-13;1-5-6(2,3)4/h4,7-8,13,19H,1,5-6,9-10,18H2,2-3H3;5H2,1-4H3/b11-7+;. The monoisotopic (exact) mass is 355 g/mol. The van der Waals surface area contributed by atoms with Crippen LogP contribution in [0.2, 0.25) is 0 Å². The van der Waals surface area contributed by atoms with Gasteiger partial charge in [0.1, 0.15) is 0 Å². The first-order valence-electron chi connectivity index (χ1n) is 9.86. The Labute approximate surface area is 160 Å². The number of benzene rings is 1. The fourth-order valence-electron chi connectivity index (χ4n) is 3.09. The number of hydrogen-bond acceptors (Lipinski definition) is 3. The van der Waals surface area contributed by atoms with Gasteiger partial charge >= 0.3 is 0 Å². The van der Waals surface area contributed by atoms with Crippen molar-refractivity contribution in [1.82, 2.24) is 5.32 Å². The molecule has 2 aliphatic rings. The third-order valence-corrected chi connectivity index (χ3v) is 5.41. The molecule has 0 amide bonds. The minimum atomic E-state index is 0.542. The highest BCUT2D eigenvalue weighted by Crippen LogP contribution is 2.40. The van der Waals surface area contributed by atoms with Gasteiger partial charge in [-0.15, -0.1) is 0 Å². The minimum Gasteiger partial charge on any atom is -0.313 e. The number of nitrogens with one attached hydrogen (secondary N) is 1. The van der Waals surface area contributed by atoms with Gasteiger partial charge in [0.15, 0.2) is 0 Å². The van der Waals surface area contributed by atoms with Crippen molar-refractivity contribution in [3.63, 3.8) is 0 Å². The van der Waals surface area contributed by atoms with Crippen molar-refractivity contribution in [3.8, 4) is 0 Å². The molecule has 0 bridgehead atoms. The van der Waals surface area contributed by atoms with Crippen molar-refractivity contribution >= 4 is 17.8 Å². The van der Waals surface area contributed by atoms with E-state index in [0.29, 0.717) is 5.41 Å². The Morgan fingerprint density at radius 2 is 1.96 bits per heavy atom. The summed E-state index contributed by atoms with van der Waals surface area (Å²) in [5.41, 5.74) is 8.21. The minimum absolute atomic E-state index is 0.542. The average Bonchev–Trinajstić information content (AvgIpc) is 3.32. The van der Waals surface area contributed by atoms with Crippen LogP contribution in [0, 0.1) is 11.3 Å². The molecule has 3 heteroatoms. The molecule has 0 atom stereocenters. The largest absolute Gasteiger partial charge is 0.313 e. The van der Waals surface area contributed by atoms with Gasteiger partial charge < -0.3 is 10.3 Å². The van der Waals surface area contributed by atoms with Crippen molar-refractivity contribution in [3.05, 3.63) is 40.5 Å². The maximum Gasteiger partial charge on any atom is 0.0640 e. The predicted molar refractivity (Wildman–Crippen MR) is 116 cm³/mol. The van der Waals surface area contributed by atoms with Crippen LogP contribution in [0.1, 0.15) is 76.1 Å². The first-order valence-corrected chi connectivity index (χ1v) is 9.86. The number of fused-ring (bicyclic) bond motifs is 1. The summed E-state index contributed by atoms with van der Waals surface area (Å²) in [6, 6.07) is 2.25. The first kappa shape index (κ1) is 20.7. The van der Waals surface area contributed by atoms with Gasteiger partial charge in [-0.25, -0.2) is 5.84 Å². The van der Waals surface area contributed by atoms with Gasteiger partial charge in [-0.3, -0.25) is 0 Å². The quantitative estimate of drug-likeness (QED) is 0.553. The van der Waals surface area contributed by atoms with Crippen LogP contribution >= 0.6 is 0 Å². The molecule has 0 aromatic heterocycles. The van der Waals surface area contributed by atoms with Gasteiger partial charge in [0.2, 0.25) is 0 Å². The van der Waals surface area contributed by atoms with Gasteiger partial charge in [-0.1, -0.05) is 58.4 Å². The van der Waals surface area contributed by atoms with E-state index in [1.165, 1.54) is 47.1 Å². The van der Waals surface area contributed by atoms with Crippen molar-refractivity contribution in [2.24, 2.45) is 17.2 Å². The zero-order valence-corrected chi connectivity index (χ0v) is 17.6. The van der Waals surface area contributed by atoms with Gasteiger partial charge in [-0.2, -0.15) is 0 Å². The molecular formula is C23H37N3. The second-order valence-corrected chi connectivity index (χ2v) is 8.86. The van der Waals surface area contributed by atoms with E-state index >= 15 is 0 Å². The van der Waals surface area contributed by atoms with Crippen LogP contribution < -0.4 is 16.2 Å². The van der Waals surface area contributed by atoms with Crippen LogP contribution in [-0.2, 0) is 13.1 Å². The normalized spacial score (nSPS) is 16.7. The van der Waals surface area contributed by atoms with Crippen molar-refractivity contribution < 1.29 is 0 Å². The molecule has 0 unspecified atom stereocenters. The highest BCUT2D eigenvalue weighted by molar-refractivity contribution is 5.81. The van der Waals surface area contributed by atoms with Crippen LogP contribution in [0.25, 0.3) is 12.2 Å². The predicted octanol–water partition coefficient (Wildman–Crippen LogP) is 5.50. The van der Waals surface area contributed by atoms with E-state index in [1.807, 2.05) is 13.1 Å². The molecule has 1 saturated carbocycles. The third kappa shape index (κ3) is 5.21. The molecule has 3 nitrogen and oxygen atoms in total. The second kappa shape index (κ2) is 8.41. The fourth-order valence-corrected chi connectivity index (χ4v) is 3.09. The summed E-state index contributed by atoms with van der Waals surface area (Å²) in [6.07, 6.45) is 8.18. The Balaban J connectivity index is 0.000000352. The molecule has 3 N–H and O–H groups in total. The lowest BCUT2D eigenvalue weighted by Gasteiger charge is -2.22. The van der Waals surface area contributed by atoms with E-state index in [1.54, 1.807) is 5.01 Å². The Kier molecular flexibility index (Phi) is 6.70. The van der Waals surface area contributed by atoms with Crippen molar-refractivity contribution in [2.45, 2.75) is 67.0 Å². The van der Waals surface area contributed by atoms with Crippen molar-refractivity contribution in [1.29, 1.82) is 0 Å². The number of anilines is 1. The first-order chi connectivity index (χ1) is 12.2. The average molecular weight is 356 g/mol. The summed E-state index contributed by atoms with van der Waals surface area (Å²) in [6.45, 7) is 17.0. The number of allylic oxidation sites excluding steroid dienone is 1. The summed E-state index contributed by atoms with van der Waals surface area (Å²) >= 11 is 0. The lowest BCUT2D eigenvalue weighted by Crippen LogP contribution is -2.27. The summed E-state index contributed by atoms with van der Waals surface area (Å²) in [5.74, 6) is 6.89. The number of rotatable bonds is 4. The Morgan fingerprint density at radius 1 is 1.35 bits per heavy atom. The summed E-state index contributed by atoms with van der Waals surface area (Å²) in [5, 5.41) is 5.17. The van der Waals surface area contributed by atoms with Gasteiger partial charge in [0.05, 0.1) is 5.69 Å². The lowest BCUT2D eigenvalue weighted by atomic mass is 9.94. The smallest absolute Gasteiger partial charge is 0.0640 e. The second-order valence-electron chi connectivity index (χ2n) is 8.86. The number of hydrazine groups is 1. The third-order valence-electron chi connectivity index (χ3n) is 5.41. The van der Waals surface area contributed by atoms with E-state index in [0.717, 1.165) is 24.7 Å². The molecule has 1 heterocycles. The number of hydrogen-bond donors (Lipinski definition) is 2. The fraction of sp³-hybridized carbons (Fsp3) is 0.565. The maximum atomic E-state index is 6.12. The van der Waals surface area contributed by atoms with Gasteiger partial charge in [0, 0.05) is 25.7 Å². The molecule has 0 spiro atoms. The maximum absolute atomic E-state index is 6.12. The lowest BCUT2D eigenvalue weighted by molar-refractivity contribution is 0.398. The topological polar surface area (TPSA) is 41.3 Å². The molecular weight excluding hydrogens is 318 g/mol. The Morgan fingerprint density at radius 3 is 2.42 bits per heavy atom. The van der Waals surface area contributed by atoms with Crippen LogP contribution in [-0.4, -0.2) is 7.05 Å². The molecule has 1 aromatic rings. The summed E-state index contributed by atoms with van der Waals surface area (Å²) in [4.78, 5) is 0. The zero-order chi connectivity index (χ0) is 19.5. The van der Waals surface area contributed by atoms with Gasteiger partial charge in [-0.05, 0) is 53.9 Å². The molecule has 26 heavy (non-hydrogen) atoms. The zero-order valence-electron chi connectivity index (χ0n) is 17.6. The molecule has 1 aromatic carbocycles. The summed E-state index contributed by atoms with van der Waals surface area (Å²) in [7, 11) is 1.92. The van der Waals surface area contributed by atoms with Crippen LogP contribution in [0.15, 0.2) is 18.2 Å². The molecule has 144 valence electrons. The van der Waals surface area contributed by atoms with Crippen LogP contribution in [0.4, 0.5) is 5.69 Å². The van der Waals surface area contributed by atoms with Crippen LogP contribution in [0.3, 0.4) is 0 Å².